The van der Waals surface area contributed by atoms with Gasteiger partial charge in [0.15, 0.2) is 0 Å². The highest BCUT2D eigenvalue weighted by Gasteiger charge is 2.22. The van der Waals surface area contributed by atoms with E-state index in [1.807, 2.05) is 0 Å². The summed E-state index contributed by atoms with van der Waals surface area (Å²) in [5.74, 6) is 0. The Kier molecular flexibility index (Phi) is 6.90. The predicted molar refractivity (Wildman–Crippen MR) is 82.7 cm³/mol. The molecular formula is C15H25BrN2. The molecule has 0 amide bonds. The van der Waals surface area contributed by atoms with Crippen LogP contribution in [-0.4, -0.2) is 24.0 Å². The van der Waals surface area contributed by atoms with Crippen LogP contribution in [0.5, 0.6) is 0 Å². The van der Waals surface area contributed by atoms with Gasteiger partial charge in [-0.25, -0.2) is 0 Å². The van der Waals surface area contributed by atoms with E-state index in [1.54, 1.807) is 0 Å². The van der Waals surface area contributed by atoms with Gasteiger partial charge in [0, 0.05) is 16.6 Å². The van der Waals surface area contributed by atoms with Crippen molar-refractivity contribution >= 4 is 15.9 Å². The van der Waals surface area contributed by atoms with Gasteiger partial charge in [-0.15, -0.1) is 0 Å². The van der Waals surface area contributed by atoms with Crippen LogP contribution >= 0.6 is 15.9 Å². The van der Waals surface area contributed by atoms with Gasteiger partial charge >= 0.3 is 0 Å². The lowest BCUT2D eigenvalue weighted by molar-refractivity contribution is 0.183. The van der Waals surface area contributed by atoms with Crippen LogP contribution in [0.3, 0.4) is 0 Å². The third-order valence-electron chi connectivity index (χ3n) is 3.31. The molecule has 1 rings (SSSR count). The van der Waals surface area contributed by atoms with E-state index in [4.69, 9.17) is 5.73 Å². The van der Waals surface area contributed by atoms with Crippen molar-refractivity contribution in [2.45, 2.75) is 45.7 Å². The fraction of sp³-hybridized carbons (Fsp3) is 0.600. The molecule has 0 radical (unpaired) electrons. The first-order valence-electron chi connectivity index (χ1n) is 6.85. The second-order valence-corrected chi connectivity index (χ2v) is 5.75. The van der Waals surface area contributed by atoms with Gasteiger partial charge < -0.3 is 5.73 Å². The number of nitrogens with zero attached hydrogens (tertiary/aromatic N) is 1. The zero-order valence-electron chi connectivity index (χ0n) is 11.7. The molecule has 102 valence electrons. The van der Waals surface area contributed by atoms with Crippen LogP contribution in [0.4, 0.5) is 0 Å². The summed E-state index contributed by atoms with van der Waals surface area (Å²) in [6.45, 7) is 8.71. The van der Waals surface area contributed by atoms with Gasteiger partial charge in [-0.3, -0.25) is 4.90 Å². The van der Waals surface area contributed by atoms with Gasteiger partial charge in [-0.2, -0.15) is 0 Å². The Morgan fingerprint density at radius 1 is 1.22 bits per heavy atom. The van der Waals surface area contributed by atoms with Crippen molar-refractivity contribution in [1.29, 1.82) is 0 Å². The second kappa shape index (κ2) is 7.93. The predicted octanol–water partition coefficient (Wildman–Crippen LogP) is 3.96. The molecule has 0 aromatic heterocycles. The molecule has 2 atom stereocenters. The summed E-state index contributed by atoms with van der Waals surface area (Å²) in [4.78, 5) is 2.48. The minimum atomic E-state index is 0.142. The first kappa shape index (κ1) is 15.7. The largest absolute Gasteiger partial charge is 0.326 e. The summed E-state index contributed by atoms with van der Waals surface area (Å²) >= 11 is 3.48. The highest BCUT2D eigenvalue weighted by atomic mass is 79.9. The van der Waals surface area contributed by atoms with E-state index >= 15 is 0 Å². The van der Waals surface area contributed by atoms with Crippen LogP contribution in [0.15, 0.2) is 28.7 Å². The van der Waals surface area contributed by atoms with Crippen LogP contribution in [-0.2, 0) is 0 Å². The molecule has 1 aromatic carbocycles. The average molecular weight is 313 g/mol. The van der Waals surface area contributed by atoms with Crippen LogP contribution in [0, 0.1) is 0 Å². The van der Waals surface area contributed by atoms with Gasteiger partial charge in [0.1, 0.15) is 0 Å². The highest BCUT2D eigenvalue weighted by molar-refractivity contribution is 9.10. The van der Waals surface area contributed by atoms with E-state index in [0.717, 1.165) is 17.6 Å². The van der Waals surface area contributed by atoms with Crippen molar-refractivity contribution in [2.24, 2.45) is 5.73 Å². The molecule has 0 saturated heterocycles. The quantitative estimate of drug-likeness (QED) is 0.825. The van der Waals surface area contributed by atoms with Gasteiger partial charge in [0.2, 0.25) is 0 Å². The molecule has 3 heteroatoms. The normalized spacial score (nSPS) is 14.8. The lowest BCUT2D eigenvalue weighted by Gasteiger charge is -2.34. The van der Waals surface area contributed by atoms with Gasteiger partial charge in [0.05, 0.1) is 0 Å². The maximum atomic E-state index is 6.20. The SMILES string of the molecule is CCCCN(CC)C(c1ccc(Br)cc1)C(C)N. The fourth-order valence-corrected chi connectivity index (χ4v) is 2.63. The molecule has 2 nitrogen and oxygen atoms in total. The van der Waals surface area contributed by atoms with E-state index < -0.39 is 0 Å². The summed E-state index contributed by atoms with van der Waals surface area (Å²) in [5.41, 5.74) is 7.51. The lowest BCUT2D eigenvalue weighted by Crippen LogP contribution is -2.40. The topological polar surface area (TPSA) is 29.3 Å². The minimum absolute atomic E-state index is 0.142. The Hall–Kier alpha value is -0.380. The number of halogens is 1. The maximum Gasteiger partial charge on any atom is 0.0496 e. The summed E-state index contributed by atoms with van der Waals surface area (Å²) < 4.78 is 1.12. The molecule has 0 aliphatic rings. The van der Waals surface area contributed by atoms with Crippen molar-refractivity contribution in [3.05, 3.63) is 34.3 Å². The number of hydrogen-bond acceptors (Lipinski definition) is 2. The zero-order chi connectivity index (χ0) is 13.5. The Morgan fingerprint density at radius 3 is 2.28 bits per heavy atom. The number of unbranched alkanes of at least 4 members (excludes halogenated alkanes) is 1. The van der Waals surface area contributed by atoms with Gasteiger partial charge in [-0.05, 0) is 44.1 Å². The molecule has 2 unspecified atom stereocenters. The highest BCUT2D eigenvalue weighted by Crippen LogP contribution is 2.25. The third kappa shape index (κ3) is 4.38. The summed E-state index contributed by atoms with van der Waals surface area (Å²) in [6.07, 6.45) is 2.45. The Balaban J connectivity index is 2.89. The van der Waals surface area contributed by atoms with Crippen LogP contribution in [0.1, 0.15) is 45.2 Å². The molecule has 0 fully saturated rings. The molecule has 0 aliphatic heterocycles. The van der Waals surface area contributed by atoms with E-state index in [1.165, 1.54) is 18.4 Å². The first-order chi connectivity index (χ1) is 8.60. The van der Waals surface area contributed by atoms with Crippen molar-refractivity contribution in [3.8, 4) is 0 Å². The molecule has 0 heterocycles. The van der Waals surface area contributed by atoms with Crippen LogP contribution in [0.2, 0.25) is 0 Å². The molecule has 0 saturated carbocycles. The van der Waals surface area contributed by atoms with Crippen LogP contribution in [0.25, 0.3) is 0 Å². The molecule has 18 heavy (non-hydrogen) atoms. The van der Waals surface area contributed by atoms with Gasteiger partial charge in [-0.1, -0.05) is 48.3 Å². The Morgan fingerprint density at radius 2 is 1.83 bits per heavy atom. The fourth-order valence-electron chi connectivity index (χ4n) is 2.36. The zero-order valence-corrected chi connectivity index (χ0v) is 13.3. The van der Waals surface area contributed by atoms with Crippen LogP contribution < -0.4 is 5.73 Å². The summed E-state index contributed by atoms with van der Waals surface area (Å²) in [5, 5.41) is 0. The number of likely N-dealkylation sites (N-methyl/N-ethyl adjacent to an activating group) is 1. The van der Waals surface area contributed by atoms with E-state index in [-0.39, 0.29) is 6.04 Å². The molecule has 0 aliphatic carbocycles. The van der Waals surface area contributed by atoms with E-state index in [0.29, 0.717) is 6.04 Å². The monoisotopic (exact) mass is 312 g/mol. The summed E-state index contributed by atoms with van der Waals surface area (Å²) in [6, 6.07) is 8.99. The minimum Gasteiger partial charge on any atom is -0.326 e. The second-order valence-electron chi connectivity index (χ2n) is 4.84. The number of rotatable bonds is 7. The lowest BCUT2D eigenvalue weighted by atomic mass is 9.99. The third-order valence-corrected chi connectivity index (χ3v) is 3.84. The molecule has 2 N–H and O–H groups in total. The number of hydrogen-bond donors (Lipinski definition) is 1. The molecule has 0 spiro atoms. The number of benzene rings is 1. The Bertz CT molecular complexity index is 335. The molecule has 0 bridgehead atoms. The standard InChI is InChI=1S/C15H25BrN2/c1-4-6-11-18(5-2)15(12(3)17)13-7-9-14(16)10-8-13/h7-10,12,15H,4-6,11,17H2,1-3H3. The smallest absolute Gasteiger partial charge is 0.0496 e. The van der Waals surface area contributed by atoms with Crippen molar-refractivity contribution in [2.75, 3.05) is 13.1 Å². The van der Waals surface area contributed by atoms with E-state index in [2.05, 4.69) is 65.9 Å². The number of nitrogens with two attached hydrogens (primary N) is 1. The van der Waals surface area contributed by atoms with Crippen molar-refractivity contribution < 1.29 is 0 Å². The molecule has 1 aromatic rings. The van der Waals surface area contributed by atoms with Gasteiger partial charge in [0.25, 0.3) is 0 Å². The van der Waals surface area contributed by atoms with Crippen molar-refractivity contribution in [1.82, 2.24) is 4.90 Å². The average Bonchev–Trinajstić information content (AvgIpc) is 2.35. The maximum absolute atomic E-state index is 6.20. The Labute approximate surface area is 120 Å². The first-order valence-corrected chi connectivity index (χ1v) is 7.64. The summed E-state index contributed by atoms with van der Waals surface area (Å²) in [7, 11) is 0. The van der Waals surface area contributed by atoms with E-state index in [9.17, 15) is 0 Å². The molecular weight excluding hydrogens is 288 g/mol. The van der Waals surface area contributed by atoms with Crippen molar-refractivity contribution in [3.63, 3.8) is 0 Å².